The highest BCUT2D eigenvalue weighted by molar-refractivity contribution is 7.71. The zero-order valence-electron chi connectivity index (χ0n) is 10.5. The molecular weight excluding hydrogens is 280 g/mol. The molecule has 2 aromatic rings. The van der Waals surface area contributed by atoms with Gasteiger partial charge in [0.25, 0.3) is 0 Å². The number of benzene rings is 1. The molecule has 0 saturated carbocycles. The molecule has 0 amide bonds. The highest BCUT2D eigenvalue weighted by atomic mass is 35.5. The minimum absolute atomic E-state index is 0.639. The predicted molar refractivity (Wildman–Crippen MR) is 78.4 cm³/mol. The largest absolute Gasteiger partial charge is 0.496 e. The normalized spacial score (nSPS) is 13.4. The monoisotopic (exact) mass is 292 g/mol. The van der Waals surface area contributed by atoms with E-state index in [0.29, 0.717) is 15.4 Å². The topological polar surface area (TPSA) is 37.9 Å². The highest BCUT2D eigenvalue weighted by Gasteiger charge is 2.17. The molecule has 1 aromatic carbocycles. The summed E-state index contributed by atoms with van der Waals surface area (Å²) in [6, 6.07) is 5.50. The van der Waals surface area contributed by atoms with E-state index in [4.69, 9.17) is 28.6 Å². The minimum atomic E-state index is 0.639. The number of methoxy groups -OCH3 is 1. The number of hydrogen-bond acceptors (Lipinski definition) is 3. The first kappa shape index (κ1) is 12.6. The molecule has 0 atom stereocenters. The molecule has 1 aliphatic carbocycles. The predicted octanol–water partition coefficient (Wildman–Crippen LogP) is 3.96. The maximum atomic E-state index is 5.98. The van der Waals surface area contributed by atoms with Crippen LogP contribution >= 0.6 is 23.8 Å². The summed E-state index contributed by atoms with van der Waals surface area (Å²) >= 11 is 11.4. The number of aromatic amines is 1. The third-order valence-corrected chi connectivity index (χ3v) is 3.95. The average molecular weight is 293 g/mol. The lowest BCUT2D eigenvalue weighted by molar-refractivity contribution is 0.416. The Morgan fingerprint density at radius 3 is 3.00 bits per heavy atom. The van der Waals surface area contributed by atoms with Crippen LogP contribution < -0.4 is 4.74 Å². The Labute approximate surface area is 121 Å². The van der Waals surface area contributed by atoms with E-state index in [9.17, 15) is 0 Å². The molecule has 0 bridgehead atoms. The summed E-state index contributed by atoms with van der Waals surface area (Å²) in [6.07, 6.45) is 3.19. The number of ether oxygens (including phenoxy) is 1. The quantitative estimate of drug-likeness (QED) is 0.852. The van der Waals surface area contributed by atoms with Crippen LogP contribution in [0.2, 0.25) is 5.02 Å². The number of aromatic nitrogens is 2. The second kappa shape index (κ2) is 4.94. The van der Waals surface area contributed by atoms with Gasteiger partial charge in [0.05, 0.1) is 12.7 Å². The average Bonchev–Trinajstić information content (AvgIpc) is 2.87. The maximum absolute atomic E-state index is 5.98. The van der Waals surface area contributed by atoms with Crippen molar-refractivity contribution in [3.63, 3.8) is 0 Å². The van der Waals surface area contributed by atoms with E-state index in [2.05, 4.69) is 9.97 Å². The van der Waals surface area contributed by atoms with Gasteiger partial charge in [-0.2, -0.15) is 0 Å². The van der Waals surface area contributed by atoms with Gasteiger partial charge in [0.2, 0.25) is 0 Å². The molecule has 5 heteroatoms. The van der Waals surface area contributed by atoms with E-state index >= 15 is 0 Å². The van der Waals surface area contributed by atoms with E-state index in [1.807, 2.05) is 12.1 Å². The summed E-state index contributed by atoms with van der Waals surface area (Å²) in [5.41, 5.74) is 3.27. The van der Waals surface area contributed by atoms with Gasteiger partial charge in [-0.15, -0.1) is 0 Å². The number of H-pyrrole nitrogens is 1. The van der Waals surface area contributed by atoms with Gasteiger partial charge in [0.15, 0.2) is 0 Å². The number of halogens is 1. The molecule has 0 saturated heterocycles. The van der Waals surface area contributed by atoms with Gasteiger partial charge in [-0.05, 0) is 37.5 Å². The second-order valence-corrected chi connectivity index (χ2v) is 5.37. The summed E-state index contributed by atoms with van der Waals surface area (Å²) < 4.78 is 6.05. The smallest absolute Gasteiger partial charge is 0.142 e. The Morgan fingerprint density at radius 1 is 1.37 bits per heavy atom. The van der Waals surface area contributed by atoms with E-state index in [1.165, 1.54) is 11.3 Å². The zero-order chi connectivity index (χ0) is 13.4. The molecule has 0 aliphatic heterocycles. The molecule has 0 spiro atoms. The Morgan fingerprint density at radius 2 is 2.21 bits per heavy atom. The first-order chi connectivity index (χ1) is 9.19. The summed E-state index contributed by atoms with van der Waals surface area (Å²) in [5, 5.41) is 0.639. The van der Waals surface area contributed by atoms with Crippen LogP contribution in [0.3, 0.4) is 0 Å². The van der Waals surface area contributed by atoms with Crippen LogP contribution in [0, 0.1) is 4.64 Å². The molecule has 1 aromatic heterocycles. The van der Waals surface area contributed by atoms with Crippen molar-refractivity contribution < 1.29 is 4.74 Å². The molecule has 1 aliphatic rings. The third kappa shape index (κ3) is 2.26. The fourth-order valence-corrected chi connectivity index (χ4v) is 2.92. The van der Waals surface area contributed by atoms with Gasteiger partial charge in [0, 0.05) is 16.3 Å². The molecule has 19 heavy (non-hydrogen) atoms. The SMILES string of the molecule is COc1cc(Cl)ccc1-c1nc(=S)c2c([nH]1)CCC2. The molecule has 0 fully saturated rings. The standard InChI is InChI=1S/C14H13ClN2OS/c1-18-12-7-8(15)5-6-10(12)13-16-11-4-2-3-9(11)14(19)17-13/h5-7H,2-4H2,1H3,(H,16,17,19). The first-order valence-corrected chi connectivity index (χ1v) is 6.93. The molecule has 0 unspecified atom stereocenters. The summed E-state index contributed by atoms with van der Waals surface area (Å²) in [4.78, 5) is 7.86. The fourth-order valence-electron chi connectivity index (χ4n) is 2.45. The van der Waals surface area contributed by atoms with Crippen molar-refractivity contribution in [1.29, 1.82) is 0 Å². The molecule has 1 N–H and O–H groups in total. The molecule has 3 rings (SSSR count). The molecular formula is C14H13ClN2OS. The van der Waals surface area contributed by atoms with E-state index in [1.54, 1.807) is 13.2 Å². The van der Waals surface area contributed by atoms with Gasteiger partial charge < -0.3 is 9.72 Å². The third-order valence-electron chi connectivity index (χ3n) is 3.38. The van der Waals surface area contributed by atoms with Crippen LogP contribution in [0.1, 0.15) is 17.7 Å². The number of rotatable bonds is 2. The second-order valence-electron chi connectivity index (χ2n) is 4.55. The fraction of sp³-hybridized carbons (Fsp3) is 0.286. The van der Waals surface area contributed by atoms with E-state index in [0.717, 1.165) is 30.7 Å². The Hall–Kier alpha value is -1.39. The molecule has 0 radical (unpaired) electrons. The Kier molecular flexibility index (Phi) is 3.29. The van der Waals surface area contributed by atoms with Crippen molar-refractivity contribution in [3.8, 4) is 17.1 Å². The summed E-state index contributed by atoms with van der Waals surface area (Å²) in [6.45, 7) is 0. The van der Waals surface area contributed by atoms with Crippen molar-refractivity contribution in [3.05, 3.63) is 39.1 Å². The Balaban J connectivity index is 2.18. The van der Waals surface area contributed by atoms with Crippen molar-refractivity contribution >= 4 is 23.8 Å². The maximum Gasteiger partial charge on any atom is 0.142 e. The number of nitrogens with one attached hydrogen (secondary N) is 1. The summed E-state index contributed by atoms with van der Waals surface area (Å²) in [7, 11) is 1.62. The number of hydrogen-bond donors (Lipinski definition) is 1. The van der Waals surface area contributed by atoms with Gasteiger partial charge in [0.1, 0.15) is 16.2 Å². The number of aryl methyl sites for hydroxylation is 1. The molecule has 3 nitrogen and oxygen atoms in total. The highest BCUT2D eigenvalue weighted by Crippen LogP contribution is 2.32. The van der Waals surface area contributed by atoms with Crippen molar-refractivity contribution in [2.75, 3.05) is 7.11 Å². The van der Waals surface area contributed by atoms with Crippen LogP contribution in [-0.2, 0) is 12.8 Å². The lowest BCUT2D eigenvalue weighted by atomic mass is 10.1. The van der Waals surface area contributed by atoms with Crippen LogP contribution in [0.25, 0.3) is 11.4 Å². The van der Waals surface area contributed by atoms with Crippen molar-refractivity contribution in [2.24, 2.45) is 0 Å². The van der Waals surface area contributed by atoms with Crippen molar-refractivity contribution in [2.45, 2.75) is 19.3 Å². The lowest BCUT2D eigenvalue weighted by Gasteiger charge is -2.10. The zero-order valence-corrected chi connectivity index (χ0v) is 12.1. The number of nitrogens with zero attached hydrogens (tertiary/aromatic N) is 1. The van der Waals surface area contributed by atoms with E-state index in [-0.39, 0.29) is 0 Å². The van der Waals surface area contributed by atoms with Gasteiger partial charge in [-0.3, -0.25) is 0 Å². The number of fused-ring (bicyclic) bond motifs is 1. The van der Waals surface area contributed by atoms with Gasteiger partial charge in [-0.1, -0.05) is 23.8 Å². The van der Waals surface area contributed by atoms with Crippen LogP contribution in [-0.4, -0.2) is 17.1 Å². The Bertz CT molecular complexity index is 696. The lowest BCUT2D eigenvalue weighted by Crippen LogP contribution is -1.98. The van der Waals surface area contributed by atoms with Crippen molar-refractivity contribution in [1.82, 2.24) is 9.97 Å². The first-order valence-electron chi connectivity index (χ1n) is 6.15. The minimum Gasteiger partial charge on any atom is -0.496 e. The molecule has 98 valence electrons. The van der Waals surface area contributed by atoms with Crippen LogP contribution in [0.4, 0.5) is 0 Å². The van der Waals surface area contributed by atoms with Crippen LogP contribution in [0.15, 0.2) is 18.2 Å². The van der Waals surface area contributed by atoms with E-state index < -0.39 is 0 Å². The van der Waals surface area contributed by atoms with Gasteiger partial charge in [-0.25, -0.2) is 4.98 Å². The summed E-state index contributed by atoms with van der Waals surface area (Å²) in [5.74, 6) is 1.45. The van der Waals surface area contributed by atoms with Crippen LogP contribution in [0.5, 0.6) is 5.75 Å². The van der Waals surface area contributed by atoms with Gasteiger partial charge >= 0.3 is 0 Å². The molecule has 1 heterocycles.